The lowest BCUT2D eigenvalue weighted by atomic mass is 10.1. The van der Waals surface area contributed by atoms with Crippen molar-refractivity contribution in [3.8, 4) is 0 Å². The summed E-state index contributed by atoms with van der Waals surface area (Å²) < 4.78 is 13.2. The first-order valence-corrected chi connectivity index (χ1v) is 5.69. The topological polar surface area (TPSA) is 84.2 Å². The number of nitrogens with two attached hydrogens (primary N) is 1. The van der Waals surface area contributed by atoms with Crippen LogP contribution in [-0.4, -0.2) is 24.4 Å². The fourth-order valence-corrected chi connectivity index (χ4v) is 1.79. The molecule has 1 aromatic rings. The van der Waals surface area contributed by atoms with Crippen LogP contribution in [0.5, 0.6) is 0 Å². The molecule has 2 rings (SSSR count). The van der Waals surface area contributed by atoms with Gasteiger partial charge in [-0.25, -0.2) is 4.39 Å². The van der Waals surface area contributed by atoms with E-state index in [9.17, 15) is 14.0 Å². The monoisotopic (exact) mass is 251 g/mol. The molecule has 1 aliphatic heterocycles. The molecule has 6 heteroatoms. The van der Waals surface area contributed by atoms with Crippen molar-refractivity contribution in [1.82, 2.24) is 10.6 Å². The average Bonchev–Trinajstić information content (AvgIpc) is 2.35. The molecule has 0 spiro atoms. The first kappa shape index (κ1) is 12.3. The fourth-order valence-electron chi connectivity index (χ4n) is 1.79. The molecule has 5 nitrogen and oxygen atoms in total. The summed E-state index contributed by atoms with van der Waals surface area (Å²) in [5.41, 5.74) is 5.57. The summed E-state index contributed by atoms with van der Waals surface area (Å²) >= 11 is 0. The number of hydrogen-bond donors (Lipinski definition) is 3. The number of benzene rings is 1. The largest absolute Gasteiger partial charge is 0.396 e. The zero-order chi connectivity index (χ0) is 13.1. The third-order valence-corrected chi connectivity index (χ3v) is 2.86. The van der Waals surface area contributed by atoms with E-state index in [4.69, 9.17) is 5.73 Å². The highest BCUT2D eigenvalue weighted by Gasteiger charge is 2.20. The van der Waals surface area contributed by atoms with E-state index in [1.165, 1.54) is 12.1 Å². The lowest BCUT2D eigenvalue weighted by molar-refractivity contribution is -0.122. The van der Waals surface area contributed by atoms with Crippen molar-refractivity contribution in [2.45, 2.75) is 18.9 Å². The second-order valence-corrected chi connectivity index (χ2v) is 4.25. The molecule has 96 valence electrons. The van der Waals surface area contributed by atoms with Gasteiger partial charge in [-0.3, -0.25) is 9.59 Å². The minimum Gasteiger partial charge on any atom is -0.396 e. The third-order valence-electron chi connectivity index (χ3n) is 2.86. The molecule has 0 saturated carbocycles. The molecule has 18 heavy (non-hydrogen) atoms. The SMILES string of the molecule is Nc1ccc(C(=O)NC2CCC(=O)NC2)cc1F. The van der Waals surface area contributed by atoms with Gasteiger partial charge in [0.15, 0.2) is 0 Å². The van der Waals surface area contributed by atoms with Crippen LogP contribution in [0.2, 0.25) is 0 Å². The number of hydrogen-bond acceptors (Lipinski definition) is 3. The highest BCUT2D eigenvalue weighted by atomic mass is 19.1. The molecule has 2 amide bonds. The van der Waals surface area contributed by atoms with Crippen LogP contribution in [0, 0.1) is 5.82 Å². The Balaban J connectivity index is 1.99. The Morgan fingerprint density at radius 1 is 1.50 bits per heavy atom. The summed E-state index contributed by atoms with van der Waals surface area (Å²) in [6.07, 6.45) is 0.982. The van der Waals surface area contributed by atoms with Crippen LogP contribution in [0.25, 0.3) is 0 Å². The first-order valence-electron chi connectivity index (χ1n) is 5.69. The number of rotatable bonds is 2. The molecule has 0 aliphatic carbocycles. The van der Waals surface area contributed by atoms with Gasteiger partial charge in [0.25, 0.3) is 5.91 Å². The summed E-state index contributed by atoms with van der Waals surface area (Å²) in [5.74, 6) is -0.992. The highest BCUT2D eigenvalue weighted by Crippen LogP contribution is 2.12. The van der Waals surface area contributed by atoms with Gasteiger partial charge in [0.1, 0.15) is 5.82 Å². The molecule has 1 aromatic carbocycles. The van der Waals surface area contributed by atoms with E-state index in [0.29, 0.717) is 19.4 Å². The lowest BCUT2D eigenvalue weighted by Crippen LogP contribution is -2.47. The standard InChI is InChI=1S/C12H14FN3O2/c13-9-5-7(1-3-10(9)14)12(18)16-8-2-4-11(17)15-6-8/h1,3,5,8H,2,4,6,14H2,(H,15,17)(H,16,18). The molecule has 0 radical (unpaired) electrons. The number of nitrogen functional groups attached to an aromatic ring is 1. The smallest absolute Gasteiger partial charge is 0.251 e. The molecule has 0 bridgehead atoms. The lowest BCUT2D eigenvalue weighted by Gasteiger charge is -2.23. The summed E-state index contributed by atoms with van der Waals surface area (Å²) in [5, 5.41) is 5.40. The molecule has 1 atom stereocenters. The summed E-state index contributed by atoms with van der Waals surface area (Å²) in [7, 11) is 0. The molecule has 4 N–H and O–H groups in total. The van der Waals surface area contributed by atoms with Crippen LogP contribution in [0.15, 0.2) is 18.2 Å². The predicted octanol–water partition coefficient (Wildman–Crippen LogP) is 0.416. The van der Waals surface area contributed by atoms with Crippen LogP contribution >= 0.6 is 0 Å². The maximum absolute atomic E-state index is 13.2. The van der Waals surface area contributed by atoms with Gasteiger partial charge >= 0.3 is 0 Å². The Hall–Kier alpha value is -2.11. The Morgan fingerprint density at radius 2 is 2.28 bits per heavy atom. The molecular weight excluding hydrogens is 237 g/mol. The molecule has 0 aromatic heterocycles. The van der Waals surface area contributed by atoms with Gasteiger partial charge in [-0.05, 0) is 24.6 Å². The minimum atomic E-state index is -0.611. The van der Waals surface area contributed by atoms with E-state index in [1.807, 2.05) is 0 Å². The van der Waals surface area contributed by atoms with E-state index in [1.54, 1.807) is 0 Å². The molecule has 1 saturated heterocycles. The van der Waals surface area contributed by atoms with Gasteiger partial charge in [0.2, 0.25) is 5.91 Å². The van der Waals surface area contributed by atoms with E-state index in [0.717, 1.165) is 6.07 Å². The van der Waals surface area contributed by atoms with Crippen molar-refractivity contribution >= 4 is 17.5 Å². The number of nitrogens with one attached hydrogen (secondary N) is 2. The van der Waals surface area contributed by atoms with Crippen LogP contribution in [0.3, 0.4) is 0 Å². The van der Waals surface area contributed by atoms with Crippen LogP contribution in [0.4, 0.5) is 10.1 Å². The predicted molar refractivity (Wildman–Crippen MR) is 64.3 cm³/mol. The first-order chi connectivity index (χ1) is 8.56. The number of anilines is 1. The number of halogens is 1. The van der Waals surface area contributed by atoms with Crippen molar-refractivity contribution in [3.63, 3.8) is 0 Å². The van der Waals surface area contributed by atoms with Gasteiger partial charge in [-0.2, -0.15) is 0 Å². The van der Waals surface area contributed by atoms with E-state index in [-0.39, 0.29) is 29.1 Å². The van der Waals surface area contributed by atoms with E-state index in [2.05, 4.69) is 10.6 Å². The fraction of sp³-hybridized carbons (Fsp3) is 0.333. The van der Waals surface area contributed by atoms with Gasteiger partial charge in [-0.15, -0.1) is 0 Å². The number of carbonyl (C=O) groups excluding carboxylic acids is 2. The normalized spacial score (nSPS) is 19.2. The van der Waals surface area contributed by atoms with Crippen LogP contribution < -0.4 is 16.4 Å². The van der Waals surface area contributed by atoms with Gasteiger partial charge in [-0.1, -0.05) is 0 Å². The van der Waals surface area contributed by atoms with Crippen molar-refractivity contribution in [3.05, 3.63) is 29.6 Å². The van der Waals surface area contributed by atoms with Gasteiger partial charge in [0, 0.05) is 24.6 Å². The number of carbonyl (C=O) groups is 2. The van der Waals surface area contributed by atoms with Crippen LogP contribution in [-0.2, 0) is 4.79 Å². The van der Waals surface area contributed by atoms with E-state index < -0.39 is 5.82 Å². The summed E-state index contributed by atoms with van der Waals surface area (Å²) in [4.78, 5) is 22.8. The highest BCUT2D eigenvalue weighted by molar-refractivity contribution is 5.94. The third kappa shape index (κ3) is 2.77. The van der Waals surface area contributed by atoms with Crippen molar-refractivity contribution in [2.24, 2.45) is 0 Å². The molecule has 1 unspecified atom stereocenters. The van der Waals surface area contributed by atoms with Crippen molar-refractivity contribution < 1.29 is 14.0 Å². The van der Waals surface area contributed by atoms with Crippen molar-refractivity contribution in [1.29, 1.82) is 0 Å². The van der Waals surface area contributed by atoms with Gasteiger partial charge < -0.3 is 16.4 Å². The molecular formula is C12H14FN3O2. The minimum absolute atomic E-state index is 0.0106. The van der Waals surface area contributed by atoms with Crippen molar-refractivity contribution in [2.75, 3.05) is 12.3 Å². The molecule has 1 heterocycles. The van der Waals surface area contributed by atoms with Crippen LogP contribution in [0.1, 0.15) is 23.2 Å². The number of piperidine rings is 1. The Morgan fingerprint density at radius 3 is 2.89 bits per heavy atom. The molecule has 1 fully saturated rings. The zero-order valence-electron chi connectivity index (χ0n) is 9.70. The Labute approximate surface area is 104 Å². The second kappa shape index (κ2) is 5.03. The maximum Gasteiger partial charge on any atom is 0.251 e. The summed E-state index contributed by atoms with van der Waals surface area (Å²) in [6, 6.07) is 3.81. The number of amides is 2. The Kier molecular flexibility index (Phi) is 3.45. The van der Waals surface area contributed by atoms with E-state index >= 15 is 0 Å². The maximum atomic E-state index is 13.2. The zero-order valence-corrected chi connectivity index (χ0v) is 9.70. The second-order valence-electron chi connectivity index (χ2n) is 4.25. The molecule has 1 aliphatic rings. The summed E-state index contributed by atoms with van der Waals surface area (Å²) in [6.45, 7) is 0.405. The van der Waals surface area contributed by atoms with Gasteiger partial charge in [0.05, 0.1) is 5.69 Å². The average molecular weight is 251 g/mol. The quantitative estimate of drug-likeness (QED) is 0.666. The Bertz CT molecular complexity index is 480.